The van der Waals surface area contributed by atoms with Gasteiger partial charge in [-0.1, -0.05) is 44.6 Å². The van der Waals surface area contributed by atoms with Gasteiger partial charge in [0.2, 0.25) is 0 Å². The lowest BCUT2D eigenvalue weighted by Gasteiger charge is -2.31. The number of carbonyl (C=O) groups excluding carboxylic acids is 1. The van der Waals surface area contributed by atoms with Crippen LogP contribution in [-0.2, 0) is 4.79 Å². The first-order valence-electron chi connectivity index (χ1n) is 11.5. The number of thioether (sulfide) groups is 1. The number of hydrogen-bond acceptors (Lipinski definition) is 5. The number of rotatable bonds is 3. The van der Waals surface area contributed by atoms with Crippen molar-refractivity contribution in [1.82, 2.24) is 4.90 Å². The van der Waals surface area contributed by atoms with Gasteiger partial charge in [0.05, 0.1) is 10.9 Å². The van der Waals surface area contributed by atoms with Gasteiger partial charge in [0.1, 0.15) is 13.2 Å². The second kappa shape index (κ2) is 9.04. The van der Waals surface area contributed by atoms with Gasteiger partial charge in [0.25, 0.3) is 5.91 Å². The monoisotopic (exact) mass is 426 g/mol. The minimum absolute atomic E-state index is 0.122. The van der Waals surface area contributed by atoms with Crippen LogP contribution >= 0.6 is 11.8 Å². The molecule has 1 amide bonds. The predicted octanol–water partition coefficient (Wildman–Crippen LogP) is 5.40. The van der Waals surface area contributed by atoms with Gasteiger partial charge in [-0.15, -0.1) is 0 Å². The number of fused-ring (bicyclic) bond motifs is 1. The average Bonchev–Trinajstić information content (AvgIpc) is 3.09. The number of aliphatic imine (C=N–C) groups is 1. The van der Waals surface area contributed by atoms with Crippen molar-refractivity contribution in [2.24, 2.45) is 4.99 Å². The number of amidine groups is 1. The highest BCUT2D eigenvalue weighted by Gasteiger charge is 2.39. The Labute approximate surface area is 182 Å². The normalized spacial score (nSPS) is 26.0. The summed E-state index contributed by atoms with van der Waals surface area (Å²) < 4.78 is 11.3. The number of carbonyl (C=O) groups is 1. The van der Waals surface area contributed by atoms with Crippen molar-refractivity contribution < 1.29 is 14.3 Å². The fourth-order valence-electron chi connectivity index (χ4n) is 4.91. The van der Waals surface area contributed by atoms with Crippen LogP contribution in [0.25, 0.3) is 6.08 Å². The average molecular weight is 427 g/mol. The lowest BCUT2D eigenvalue weighted by Crippen LogP contribution is -2.41. The van der Waals surface area contributed by atoms with Gasteiger partial charge in [-0.25, -0.2) is 0 Å². The third-order valence-electron chi connectivity index (χ3n) is 6.51. The fraction of sp³-hybridized carbons (Fsp3) is 0.583. The topological polar surface area (TPSA) is 51.1 Å². The van der Waals surface area contributed by atoms with Crippen LogP contribution in [0.5, 0.6) is 11.5 Å². The molecule has 0 aromatic heterocycles. The molecule has 0 radical (unpaired) electrons. The van der Waals surface area contributed by atoms with Crippen LogP contribution in [0.15, 0.2) is 28.1 Å². The van der Waals surface area contributed by atoms with Gasteiger partial charge < -0.3 is 9.47 Å². The van der Waals surface area contributed by atoms with E-state index >= 15 is 0 Å². The Bertz CT molecular complexity index is 854. The minimum atomic E-state index is 0.122. The summed E-state index contributed by atoms with van der Waals surface area (Å²) in [5.41, 5.74) is 0.970. The first-order chi connectivity index (χ1) is 14.8. The van der Waals surface area contributed by atoms with Crippen molar-refractivity contribution in [1.29, 1.82) is 0 Å². The van der Waals surface area contributed by atoms with Crippen LogP contribution in [0.3, 0.4) is 0 Å². The molecular formula is C24H30N2O3S. The van der Waals surface area contributed by atoms with E-state index < -0.39 is 0 Å². The Hall–Kier alpha value is -1.95. The lowest BCUT2D eigenvalue weighted by atomic mass is 9.94. The van der Waals surface area contributed by atoms with Crippen molar-refractivity contribution >= 4 is 28.9 Å². The molecule has 3 fully saturated rings. The molecule has 0 bridgehead atoms. The van der Waals surface area contributed by atoms with Gasteiger partial charge in [-0.3, -0.25) is 14.7 Å². The Morgan fingerprint density at radius 1 is 0.933 bits per heavy atom. The Morgan fingerprint density at radius 2 is 1.63 bits per heavy atom. The molecule has 1 aromatic rings. The molecule has 0 unspecified atom stereocenters. The largest absolute Gasteiger partial charge is 0.486 e. The summed E-state index contributed by atoms with van der Waals surface area (Å²) in [6, 6.07) is 6.56. The summed E-state index contributed by atoms with van der Waals surface area (Å²) in [5, 5.41) is 0.933. The molecule has 0 spiro atoms. The Kier molecular flexibility index (Phi) is 6.02. The van der Waals surface area contributed by atoms with E-state index in [2.05, 4.69) is 0 Å². The maximum absolute atomic E-state index is 13.4. The summed E-state index contributed by atoms with van der Waals surface area (Å²) >= 11 is 1.56. The van der Waals surface area contributed by atoms with Crippen molar-refractivity contribution in [2.45, 2.75) is 76.3 Å². The van der Waals surface area contributed by atoms with E-state index in [1.54, 1.807) is 11.8 Å². The molecule has 0 atom stereocenters. The van der Waals surface area contributed by atoms with E-state index in [1.165, 1.54) is 38.5 Å². The van der Waals surface area contributed by atoms with E-state index in [1.807, 2.05) is 29.2 Å². The molecule has 4 aliphatic rings. The maximum atomic E-state index is 13.4. The SMILES string of the molecule is O=C1C(=Cc2ccc3c(c2)OCCO3)SC(=NC2CCCCC2)N1C1CCCCC1. The Morgan fingerprint density at radius 3 is 2.40 bits per heavy atom. The smallest absolute Gasteiger partial charge is 0.266 e. The summed E-state index contributed by atoms with van der Waals surface area (Å²) in [6.45, 7) is 1.15. The summed E-state index contributed by atoms with van der Waals surface area (Å²) in [4.78, 5) is 21.4. The highest BCUT2D eigenvalue weighted by Crippen LogP contribution is 2.39. The number of ether oxygens (including phenoxy) is 2. The van der Waals surface area contributed by atoms with Crippen molar-refractivity contribution in [3.05, 3.63) is 28.7 Å². The third kappa shape index (κ3) is 4.25. The molecule has 2 heterocycles. The second-order valence-corrected chi connectivity index (χ2v) is 9.69. The lowest BCUT2D eigenvalue weighted by molar-refractivity contribution is -0.124. The van der Waals surface area contributed by atoms with Crippen LogP contribution in [0.2, 0.25) is 0 Å². The first-order valence-corrected chi connectivity index (χ1v) is 12.3. The minimum Gasteiger partial charge on any atom is -0.486 e. The van der Waals surface area contributed by atoms with Crippen LogP contribution in [0, 0.1) is 0 Å². The number of hydrogen-bond donors (Lipinski definition) is 0. The third-order valence-corrected chi connectivity index (χ3v) is 7.51. The van der Waals surface area contributed by atoms with Crippen LogP contribution < -0.4 is 9.47 Å². The molecule has 30 heavy (non-hydrogen) atoms. The molecular weight excluding hydrogens is 396 g/mol. The molecule has 2 aliphatic heterocycles. The molecule has 1 aromatic carbocycles. The first kappa shape index (κ1) is 20.0. The van der Waals surface area contributed by atoms with Crippen molar-refractivity contribution in [3.63, 3.8) is 0 Å². The maximum Gasteiger partial charge on any atom is 0.266 e. The van der Waals surface area contributed by atoms with E-state index in [9.17, 15) is 4.79 Å². The molecule has 2 saturated carbocycles. The highest BCUT2D eigenvalue weighted by molar-refractivity contribution is 8.18. The number of amides is 1. The van der Waals surface area contributed by atoms with Crippen molar-refractivity contribution in [2.75, 3.05) is 13.2 Å². The number of nitrogens with zero attached hydrogens (tertiary/aromatic N) is 2. The van der Waals surface area contributed by atoms with Gasteiger partial charge >= 0.3 is 0 Å². The predicted molar refractivity (Wildman–Crippen MR) is 121 cm³/mol. The van der Waals surface area contributed by atoms with Gasteiger partial charge in [-0.2, -0.15) is 0 Å². The van der Waals surface area contributed by atoms with E-state index in [4.69, 9.17) is 14.5 Å². The molecule has 0 N–H and O–H groups in total. The second-order valence-electron chi connectivity index (χ2n) is 8.68. The number of benzene rings is 1. The van der Waals surface area contributed by atoms with E-state index in [-0.39, 0.29) is 5.91 Å². The summed E-state index contributed by atoms with van der Waals surface area (Å²) in [5.74, 6) is 1.65. The van der Waals surface area contributed by atoms with Crippen LogP contribution in [0.1, 0.15) is 69.8 Å². The molecule has 160 valence electrons. The quantitative estimate of drug-likeness (QED) is 0.608. The zero-order chi connectivity index (χ0) is 20.3. The Balaban J connectivity index is 1.43. The van der Waals surface area contributed by atoms with Gasteiger partial charge in [-0.05, 0) is 61.2 Å². The highest BCUT2D eigenvalue weighted by atomic mass is 32.2. The molecule has 1 saturated heterocycles. The van der Waals surface area contributed by atoms with Crippen LogP contribution in [-0.4, -0.2) is 41.3 Å². The molecule has 2 aliphatic carbocycles. The molecule has 6 heteroatoms. The van der Waals surface area contributed by atoms with Gasteiger partial charge in [0, 0.05) is 6.04 Å². The molecule has 5 rings (SSSR count). The van der Waals surface area contributed by atoms with Gasteiger partial charge in [0.15, 0.2) is 16.7 Å². The fourth-order valence-corrected chi connectivity index (χ4v) is 6.01. The standard InChI is InChI=1S/C24H30N2O3S/c27-23-22(16-17-11-12-20-21(15-17)29-14-13-28-20)30-24(25-18-7-3-1-4-8-18)26(23)19-9-5-2-6-10-19/h11-12,15-16,18-19H,1-10,13-14H2. The molecule has 5 nitrogen and oxygen atoms in total. The summed E-state index contributed by atoms with van der Waals surface area (Å²) in [6.07, 6.45) is 14.0. The summed E-state index contributed by atoms with van der Waals surface area (Å²) in [7, 11) is 0. The van der Waals surface area contributed by atoms with E-state index in [0.717, 1.165) is 52.8 Å². The van der Waals surface area contributed by atoms with E-state index in [0.29, 0.717) is 25.3 Å². The zero-order valence-electron chi connectivity index (χ0n) is 17.5. The zero-order valence-corrected chi connectivity index (χ0v) is 18.3. The van der Waals surface area contributed by atoms with Crippen LogP contribution in [0.4, 0.5) is 0 Å². The van der Waals surface area contributed by atoms with Crippen molar-refractivity contribution in [3.8, 4) is 11.5 Å².